The van der Waals surface area contributed by atoms with Crippen molar-refractivity contribution in [2.24, 2.45) is 5.73 Å². The Morgan fingerprint density at radius 3 is 2.81 bits per heavy atom. The number of nitrogens with two attached hydrogens (primary N) is 1. The summed E-state index contributed by atoms with van der Waals surface area (Å²) in [5.74, 6) is 0.155. The van der Waals surface area contributed by atoms with Gasteiger partial charge in [0.05, 0.1) is 0 Å². The largest absolute Gasteiger partial charge is 0.335 e. The molecule has 1 saturated heterocycles. The van der Waals surface area contributed by atoms with Gasteiger partial charge in [0.25, 0.3) is 5.91 Å². The van der Waals surface area contributed by atoms with Crippen molar-refractivity contribution in [3.63, 3.8) is 0 Å². The molecule has 0 radical (unpaired) electrons. The molecule has 0 spiro atoms. The van der Waals surface area contributed by atoms with Crippen LogP contribution < -0.4 is 5.73 Å². The van der Waals surface area contributed by atoms with E-state index in [1.54, 1.807) is 0 Å². The predicted octanol–water partition coefficient (Wildman–Crippen LogP) is 1.56. The molecule has 16 heavy (non-hydrogen) atoms. The molecule has 1 amide bonds. The van der Waals surface area contributed by atoms with Gasteiger partial charge in [0.2, 0.25) is 0 Å². The zero-order valence-electron chi connectivity index (χ0n) is 9.65. The third kappa shape index (κ3) is 1.95. The second kappa shape index (κ2) is 4.66. The summed E-state index contributed by atoms with van der Waals surface area (Å²) in [6.07, 6.45) is 2.01. The number of likely N-dealkylation sites (tertiary alicyclic amines) is 1. The third-order valence-electron chi connectivity index (χ3n) is 3.28. The minimum Gasteiger partial charge on any atom is -0.335 e. The minimum absolute atomic E-state index is 0.155. The van der Waals surface area contributed by atoms with E-state index in [9.17, 15) is 4.79 Å². The topological polar surface area (TPSA) is 46.3 Å². The maximum atomic E-state index is 12.2. The van der Waals surface area contributed by atoms with Gasteiger partial charge in [0.1, 0.15) is 0 Å². The lowest BCUT2D eigenvalue weighted by molar-refractivity contribution is 0.0449. The number of carbonyl (C=O) groups excluding carboxylic acids is 1. The van der Waals surface area contributed by atoms with Crippen LogP contribution >= 0.6 is 0 Å². The molecule has 0 aromatic heterocycles. The van der Waals surface area contributed by atoms with Gasteiger partial charge in [-0.2, -0.15) is 0 Å². The molecule has 1 heterocycles. The molecule has 3 nitrogen and oxygen atoms in total. The molecular weight excluding hydrogens is 200 g/mol. The highest BCUT2D eigenvalue weighted by atomic mass is 16.2. The Morgan fingerprint density at radius 1 is 1.50 bits per heavy atom. The van der Waals surface area contributed by atoms with Crippen molar-refractivity contribution in [3.8, 4) is 0 Å². The predicted molar refractivity (Wildman–Crippen MR) is 64.3 cm³/mol. The summed E-state index contributed by atoms with van der Waals surface area (Å²) in [6.45, 7) is 3.50. The fourth-order valence-electron chi connectivity index (χ4n) is 2.17. The maximum absolute atomic E-state index is 12.2. The number of aryl methyl sites for hydroxylation is 1. The Morgan fingerprint density at radius 2 is 2.25 bits per heavy atom. The standard InChI is InChI=1S/C13H18N2O/c1-10-4-2-3-5-12(10)13(16)15-9-7-11(15)6-8-14/h2-5,11H,6-9,14H2,1H3. The average Bonchev–Trinajstić information content (AvgIpc) is 2.25. The van der Waals surface area contributed by atoms with Crippen LogP contribution in [0.2, 0.25) is 0 Å². The van der Waals surface area contributed by atoms with E-state index in [1.807, 2.05) is 36.1 Å². The minimum atomic E-state index is 0.155. The number of rotatable bonds is 3. The van der Waals surface area contributed by atoms with Gasteiger partial charge in [-0.25, -0.2) is 0 Å². The second-order valence-corrected chi connectivity index (χ2v) is 4.33. The van der Waals surface area contributed by atoms with E-state index in [1.165, 1.54) is 0 Å². The molecule has 0 aliphatic carbocycles. The maximum Gasteiger partial charge on any atom is 0.254 e. The molecule has 1 aromatic carbocycles. The van der Waals surface area contributed by atoms with Crippen LogP contribution in [-0.2, 0) is 0 Å². The molecule has 1 aliphatic rings. The van der Waals surface area contributed by atoms with Gasteiger partial charge in [0, 0.05) is 18.2 Å². The Bertz CT molecular complexity index is 389. The lowest BCUT2D eigenvalue weighted by atomic mass is 9.97. The number of hydrogen-bond acceptors (Lipinski definition) is 2. The Balaban J connectivity index is 2.11. The van der Waals surface area contributed by atoms with Crippen molar-refractivity contribution >= 4 is 5.91 Å². The lowest BCUT2D eigenvalue weighted by Gasteiger charge is -2.41. The molecule has 1 aliphatic heterocycles. The fraction of sp³-hybridized carbons (Fsp3) is 0.462. The van der Waals surface area contributed by atoms with Gasteiger partial charge in [-0.3, -0.25) is 4.79 Å². The van der Waals surface area contributed by atoms with Gasteiger partial charge in [0.15, 0.2) is 0 Å². The summed E-state index contributed by atoms with van der Waals surface area (Å²) in [5.41, 5.74) is 7.40. The van der Waals surface area contributed by atoms with E-state index in [-0.39, 0.29) is 5.91 Å². The summed E-state index contributed by atoms with van der Waals surface area (Å²) in [6, 6.07) is 8.11. The fourth-order valence-corrected chi connectivity index (χ4v) is 2.17. The zero-order chi connectivity index (χ0) is 11.5. The first-order valence-corrected chi connectivity index (χ1v) is 5.80. The highest BCUT2D eigenvalue weighted by Crippen LogP contribution is 2.23. The molecule has 1 fully saturated rings. The second-order valence-electron chi connectivity index (χ2n) is 4.33. The molecule has 3 heteroatoms. The monoisotopic (exact) mass is 218 g/mol. The highest BCUT2D eigenvalue weighted by Gasteiger charge is 2.32. The molecule has 1 unspecified atom stereocenters. The van der Waals surface area contributed by atoms with Crippen LogP contribution in [0.25, 0.3) is 0 Å². The van der Waals surface area contributed by atoms with Gasteiger partial charge in [-0.05, 0) is 37.9 Å². The SMILES string of the molecule is Cc1ccccc1C(=O)N1CCC1CCN. The van der Waals surface area contributed by atoms with Crippen molar-refractivity contribution in [1.82, 2.24) is 4.90 Å². The highest BCUT2D eigenvalue weighted by molar-refractivity contribution is 5.96. The Labute approximate surface area is 96.2 Å². The molecule has 0 bridgehead atoms. The van der Waals surface area contributed by atoms with Crippen molar-refractivity contribution < 1.29 is 4.79 Å². The quantitative estimate of drug-likeness (QED) is 0.836. The van der Waals surface area contributed by atoms with E-state index < -0.39 is 0 Å². The molecule has 1 aromatic rings. The Hall–Kier alpha value is -1.35. The van der Waals surface area contributed by atoms with Crippen LogP contribution in [0.1, 0.15) is 28.8 Å². The van der Waals surface area contributed by atoms with E-state index >= 15 is 0 Å². The number of hydrogen-bond donors (Lipinski definition) is 1. The third-order valence-corrected chi connectivity index (χ3v) is 3.28. The van der Waals surface area contributed by atoms with Gasteiger partial charge >= 0.3 is 0 Å². The first-order chi connectivity index (χ1) is 7.74. The van der Waals surface area contributed by atoms with Crippen LogP contribution in [0.4, 0.5) is 0 Å². The summed E-state index contributed by atoms with van der Waals surface area (Å²) in [5, 5.41) is 0. The average molecular weight is 218 g/mol. The van der Waals surface area contributed by atoms with Crippen molar-refractivity contribution in [3.05, 3.63) is 35.4 Å². The van der Waals surface area contributed by atoms with Crippen molar-refractivity contribution in [2.75, 3.05) is 13.1 Å². The van der Waals surface area contributed by atoms with Gasteiger partial charge in [-0.1, -0.05) is 18.2 Å². The number of carbonyl (C=O) groups is 1. The molecular formula is C13H18N2O. The molecule has 2 N–H and O–H groups in total. The number of nitrogens with zero attached hydrogens (tertiary/aromatic N) is 1. The molecule has 0 saturated carbocycles. The first-order valence-electron chi connectivity index (χ1n) is 5.80. The van der Waals surface area contributed by atoms with Crippen LogP contribution in [0, 0.1) is 6.92 Å². The summed E-state index contributed by atoms with van der Waals surface area (Å²) in [7, 11) is 0. The number of benzene rings is 1. The summed E-state index contributed by atoms with van der Waals surface area (Å²) in [4.78, 5) is 14.2. The van der Waals surface area contributed by atoms with Crippen LogP contribution in [0.3, 0.4) is 0 Å². The number of amides is 1. The van der Waals surface area contributed by atoms with Crippen molar-refractivity contribution in [1.29, 1.82) is 0 Å². The van der Waals surface area contributed by atoms with Crippen molar-refractivity contribution in [2.45, 2.75) is 25.8 Å². The van der Waals surface area contributed by atoms with E-state index in [4.69, 9.17) is 5.73 Å². The molecule has 2 rings (SSSR count). The molecule has 86 valence electrons. The first kappa shape index (κ1) is 11.1. The van der Waals surface area contributed by atoms with Gasteiger partial charge in [-0.15, -0.1) is 0 Å². The zero-order valence-corrected chi connectivity index (χ0v) is 9.65. The van der Waals surface area contributed by atoms with E-state index in [2.05, 4.69) is 0 Å². The smallest absolute Gasteiger partial charge is 0.254 e. The van der Waals surface area contributed by atoms with Crippen LogP contribution in [0.5, 0.6) is 0 Å². The summed E-state index contributed by atoms with van der Waals surface area (Å²) < 4.78 is 0. The summed E-state index contributed by atoms with van der Waals surface area (Å²) >= 11 is 0. The van der Waals surface area contributed by atoms with E-state index in [0.717, 1.165) is 30.5 Å². The van der Waals surface area contributed by atoms with Gasteiger partial charge < -0.3 is 10.6 Å². The lowest BCUT2D eigenvalue weighted by Crippen LogP contribution is -2.51. The van der Waals surface area contributed by atoms with Crippen LogP contribution in [-0.4, -0.2) is 29.9 Å². The van der Waals surface area contributed by atoms with E-state index in [0.29, 0.717) is 12.6 Å². The molecule has 1 atom stereocenters. The van der Waals surface area contributed by atoms with Crippen LogP contribution in [0.15, 0.2) is 24.3 Å². The Kier molecular flexibility index (Phi) is 3.25. The normalized spacial score (nSPS) is 19.4.